The number of rotatable bonds is 5. The van der Waals surface area contributed by atoms with E-state index in [4.69, 9.17) is 9.15 Å². The summed E-state index contributed by atoms with van der Waals surface area (Å²) in [6.07, 6.45) is 8.91. The highest BCUT2D eigenvalue weighted by Gasteiger charge is 2.31. The van der Waals surface area contributed by atoms with E-state index in [1.165, 1.54) is 18.4 Å². The summed E-state index contributed by atoms with van der Waals surface area (Å²) in [5.41, 5.74) is 3.42. The zero-order valence-corrected chi connectivity index (χ0v) is 17.0. The summed E-state index contributed by atoms with van der Waals surface area (Å²) in [5, 5.41) is 11.1. The molecule has 5 rings (SSSR count). The van der Waals surface area contributed by atoms with Gasteiger partial charge in [0, 0.05) is 31.1 Å². The molecule has 3 aliphatic rings. The number of benzene rings is 1. The maximum Gasteiger partial charge on any atom is 0.343 e. The summed E-state index contributed by atoms with van der Waals surface area (Å²) < 4.78 is 11.5. The Hall–Kier alpha value is -2.07. The Bertz CT molecular complexity index is 934. The van der Waals surface area contributed by atoms with E-state index in [1.54, 1.807) is 0 Å². The minimum Gasteiger partial charge on any atom is -0.507 e. The van der Waals surface area contributed by atoms with Gasteiger partial charge >= 0.3 is 5.63 Å². The molecular weight excluding hydrogens is 364 g/mol. The molecule has 2 atom stereocenters. The van der Waals surface area contributed by atoms with Gasteiger partial charge in [-0.1, -0.05) is 30.7 Å². The van der Waals surface area contributed by atoms with Crippen molar-refractivity contribution in [3.8, 4) is 5.75 Å². The summed E-state index contributed by atoms with van der Waals surface area (Å²) in [6.45, 7) is 1.64. The van der Waals surface area contributed by atoms with Crippen molar-refractivity contribution >= 4 is 0 Å². The van der Waals surface area contributed by atoms with E-state index in [0.717, 1.165) is 68.6 Å². The first-order valence-electron chi connectivity index (χ1n) is 11.2. The van der Waals surface area contributed by atoms with Gasteiger partial charge in [0.1, 0.15) is 11.5 Å². The molecule has 4 heteroatoms. The van der Waals surface area contributed by atoms with Gasteiger partial charge < -0.3 is 14.3 Å². The van der Waals surface area contributed by atoms with Crippen LogP contribution in [0.4, 0.5) is 0 Å². The molecule has 0 amide bonds. The van der Waals surface area contributed by atoms with Crippen LogP contribution in [-0.2, 0) is 17.6 Å². The van der Waals surface area contributed by atoms with Crippen molar-refractivity contribution in [1.29, 1.82) is 0 Å². The molecular formula is C25H30O4. The molecule has 1 aromatic carbocycles. The molecule has 154 valence electrons. The Labute approximate surface area is 171 Å². The summed E-state index contributed by atoms with van der Waals surface area (Å²) in [6, 6.07) is 8.33. The summed E-state index contributed by atoms with van der Waals surface area (Å²) in [5.74, 6) is 2.29. The largest absolute Gasteiger partial charge is 0.507 e. The third-order valence-corrected chi connectivity index (χ3v) is 7.00. The molecule has 29 heavy (non-hydrogen) atoms. The second kappa shape index (κ2) is 7.98. The van der Waals surface area contributed by atoms with Crippen molar-refractivity contribution in [3.05, 3.63) is 62.7 Å². The van der Waals surface area contributed by atoms with Gasteiger partial charge in [-0.25, -0.2) is 4.79 Å². The highest BCUT2D eigenvalue weighted by atomic mass is 16.5. The van der Waals surface area contributed by atoms with Gasteiger partial charge in [-0.3, -0.25) is 0 Å². The fourth-order valence-electron chi connectivity index (χ4n) is 5.24. The fraction of sp³-hybridized carbons (Fsp3) is 0.560. The molecule has 1 aromatic heterocycles. The van der Waals surface area contributed by atoms with Crippen LogP contribution >= 0.6 is 0 Å². The van der Waals surface area contributed by atoms with Crippen LogP contribution < -0.4 is 5.63 Å². The van der Waals surface area contributed by atoms with Crippen molar-refractivity contribution in [2.45, 2.75) is 69.6 Å². The van der Waals surface area contributed by atoms with E-state index in [-0.39, 0.29) is 17.3 Å². The predicted molar refractivity (Wildman–Crippen MR) is 112 cm³/mol. The number of fused-ring (bicyclic) bond motifs is 1. The standard InChI is InChI=1S/C25H30O4/c26-23-21-8-4-2-6-19(13-16-11-12-28-15-16)24(21)29-25(27)22(23)14-18-5-1-3-7-20(18)17-9-10-17/h1,3,5,7,16-17,19,26H,2,4,6,8-15H2. The second-order valence-corrected chi connectivity index (χ2v) is 9.12. The lowest BCUT2D eigenvalue weighted by molar-refractivity contribution is 0.181. The number of hydrogen-bond donors (Lipinski definition) is 1. The molecule has 1 aliphatic heterocycles. The van der Waals surface area contributed by atoms with Crippen molar-refractivity contribution in [2.75, 3.05) is 13.2 Å². The smallest absolute Gasteiger partial charge is 0.343 e. The van der Waals surface area contributed by atoms with Gasteiger partial charge in [0.15, 0.2) is 0 Å². The van der Waals surface area contributed by atoms with E-state index < -0.39 is 0 Å². The molecule has 0 spiro atoms. The van der Waals surface area contributed by atoms with Gasteiger partial charge in [0.2, 0.25) is 0 Å². The van der Waals surface area contributed by atoms with Gasteiger partial charge in [0.05, 0.1) is 5.56 Å². The molecule has 1 saturated carbocycles. The van der Waals surface area contributed by atoms with Gasteiger partial charge in [-0.2, -0.15) is 0 Å². The molecule has 4 nitrogen and oxygen atoms in total. The molecule has 1 N–H and O–H groups in total. The number of aromatic hydroxyl groups is 1. The molecule has 0 bridgehead atoms. The first-order valence-corrected chi connectivity index (χ1v) is 11.2. The second-order valence-electron chi connectivity index (χ2n) is 9.12. The number of ether oxygens (including phenoxy) is 1. The molecule has 2 unspecified atom stereocenters. The van der Waals surface area contributed by atoms with E-state index in [9.17, 15) is 9.90 Å². The van der Waals surface area contributed by atoms with E-state index in [2.05, 4.69) is 18.2 Å². The maximum atomic E-state index is 13.0. The van der Waals surface area contributed by atoms with Gasteiger partial charge in [0.25, 0.3) is 0 Å². The molecule has 2 heterocycles. The monoisotopic (exact) mass is 394 g/mol. The fourth-order valence-corrected chi connectivity index (χ4v) is 5.24. The van der Waals surface area contributed by atoms with Crippen LogP contribution in [0, 0.1) is 5.92 Å². The Morgan fingerprint density at radius 3 is 2.72 bits per heavy atom. The Kier molecular flexibility index (Phi) is 5.21. The zero-order chi connectivity index (χ0) is 19.8. The average Bonchev–Trinajstić information content (AvgIpc) is 3.48. The molecule has 0 radical (unpaired) electrons. The highest BCUT2D eigenvalue weighted by molar-refractivity contribution is 5.46. The van der Waals surface area contributed by atoms with Crippen LogP contribution in [0.1, 0.15) is 84.8 Å². The molecule has 2 aliphatic carbocycles. The lowest BCUT2D eigenvalue weighted by Crippen LogP contribution is -2.16. The van der Waals surface area contributed by atoms with Crippen molar-refractivity contribution in [3.63, 3.8) is 0 Å². The molecule has 1 saturated heterocycles. The topological polar surface area (TPSA) is 59.7 Å². The highest BCUT2D eigenvalue weighted by Crippen LogP contribution is 2.43. The summed E-state index contributed by atoms with van der Waals surface area (Å²) in [7, 11) is 0. The lowest BCUT2D eigenvalue weighted by Gasteiger charge is -2.20. The minimum absolute atomic E-state index is 0.191. The zero-order valence-electron chi connectivity index (χ0n) is 17.0. The van der Waals surface area contributed by atoms with Crippen LogP contribution in [0.2, 0.25) is 0 Å². The van der Waals surface area contributed by atoms with E-state index >= 15 is 0 Å². The SMILES string of the molecule is O=c1oc2c(c(O)c1Cc1ccccc1C1CC1)CCCCC2CC1CCOC1. The Morgan fingerprint density at radius 1 is 1.07 bits per heavy atom. The quantitative estimate of drug-likeness (QED) is 0.721. The van der Waals surface area contributed by atoms with Crippen molar-refractivity contribution < 1.29 is 14.3 Å². The molecule has 2 fully saturated rings. The normalized spacial score (nSPS) is 24.3. The third-order valence-electron chi connectivity index (χ3n) is 7.00. The first kappa shape index (κ1) is 18.9. The van der Waals surface area contributed by atoms with Crippen LogP contribution in [-0.4, -0.2) is 18.3 Å². The Morgan fingerprint density at radius 2 is 1.93 bits per heavy atom. The molecule has 2 aromatic rings. The first-order chi connectivity index (χ1) is 14.2. The van der Waals surface area contributed by atoms with Crippen LogP contribution in [0.3, 0.4) is 0 Å². The Balaban J connectivity index is 1.49. The van der Waals surface area contributed by atoms with Gasteiger partial charge in [-0.05, 0) is 67.9 Å². The number of hydrogen-bond acceptors (Lipinski definition) is 4. The van der Waals surface area contributed by atoms with Crippen LogP contribution in [0.15, 0.2) is 33.5 Å². The van der Waals surface area contributed by atoms with Crippen LogP contribution in [0.5, 0.6) is 5.75 Å². The average molecular weight is 395 g/mol. The minimum atomic E-state index is -0.360. The predicted octanol–water partition coefficient (Wildman–Crippen LogP) is 5.05. The van der Waals surface area contributed by atoms with Gasteiger partial charge in [-0.15, -0.1) is 0 Å². The maximum absolute atomic E-state index is 13.0. The lowest BCUT2D eigenvalue weighted by atomic mass is 9.87. The van der Waals surface area contributed by atoms with Crippen molar-refractivity contribution in [1.82, 2.24) is 0 Å². The van der Waals surface area contributed by atoms with E-state index in [1.807, 2.05) is 6.07 Å². The summed E-state index contributed by atoms with van der Waals surface area (Å²) in [4.78, 5) is 13.0. The third kappa shape index (κ3) is 3.87. The van der Waals surface area contributed by atoms with Crippen molar-refractivity contribution in [2.24, 2.45) is 5.92 Å². The summed E-state index contributed by atoms with van der Waals surface area (Å²) >= 11 is 0. The van der Waals surface area contributed by atoms with E-state index in [0.29, 0.717) is 23.8 Å². The van der Waals surface area contributed by atoms with Crippen LogP contribution in [0.25, 0.3) is 0 Å².